The van der Waals surface area contributed by atoms with Gasteiger partial charge in [0.25, 0.3) is 0 Å². The van der Waals surface area contributed by atoms with Crippen molar-refractivity contribution in [2.75, 3.05) is 23.7 Å². The number of hydrogen-bond acceptors (Lipinski definition) is 3. The lowest BCUT2D eigenvalue weighted by Crippen LogP contribution is -2.39. The van der Waals surface area contributed by atoms with Crippen molar-refractivity contribution in [1.29, 1.82) is 0 Å². The Labute approximate surface area is 179 Å². The first-order valence-corrected chi connectivity index (χ1v) is 10.9. The lowest BCUT2D eigenvalue weighted by molar-refractivity contribution is -0.117. The van der Waals surface area contributed by atoms with Crippen molar-refractivity contribution in [3.8, 4) is 0 Å². The Kier molecular flexibility index (Phi) is 7.78. The van der Waals surface area contributed by atoms with Crippen LogP contribution in [-0.4, -0.2) is 42.0 Å². The molecule has 0 bridgehead atoms. The molecule has 29 heavy (non-hydrogen) atoms. The van der Waals surface area contributed by atoms with E-state index in [0.29, 0.717) is 12.0 Å². The first-order chi connectivity index (χ1) is 13.7. The van der Waals surface area contributed by atoms with Crippen molar-refractivity contribution in [3.63, 3.8) is 0 Å². The van der Waals surface area contributed by atoms with Crippen LogP contribution in [0.4, 0.5) is 16.2 Å². The SMILES string of the molecule is Cl.O=C(Nc1ccc(NC(=O)N2CCCCCC2)cc1)C1CC2CCCCC2N1. The number of urea groups is 1. The average Bonchev–Trinajstić information content (AvgIpc) is 2.96. The molecule has 0 aromatic heterocycles. The quantitative estimate of drug-likeness (QED) is 0.679. The molecule has 2 saturated heterocycles. The van der Waals surface area contributed by atoms with E-state index >= 15 is 0 Å². The second-order valence-electron chi connectivity index (χ2n) is 8.50. The predicted octanol–water partition coefficient (Wildman–Crippen LogP) is 4.38. The number of hydrogen-bond donors (Lipinski definition) is 3. The van der Waals surface area contributed by atoms with Crippen LogP contribution in [0.2, 0.25) is 0 Å². The molecule has 3 unspecified atom stereocenters. The summed E-state index contributed by atoms with van der Waals surface area (Å²) in [5, 5.41) is 9.51. The van der Waals surface area contributed by atoms with Crippen molar-refractivity contribution in [2.24, 2.45) is 5.92 Å². The molecule has 3 amide bonds. The van der Waals surface area contributed by atoms with Crippen LogP contribution in [0.25, 0.3) is 0 Å². The number of halogens is 1. The standard InChI is InChI=1S/C22H32N4O2.ClH/c27-21(20-15-16-7-3-4-8-19(16)25-20)23-17-9-11-18(12-10-17)24-22(28)26-13-5-1-2-6-14-26;/h9-12,16,19-20,25H,1-8,13-15H2,(H,23,27)(H,24,28);1H. The third kappa shape index (κ3) is 5.64. The Morgan fingerprint density at radius 2 is 1.48 bits per heavy atom. The van der Waals surface area contributed by atoms with Crippen LogP contribution < -0.4 is 16.0 Å². The Morgan fingerprint density at radius 3 is 2.14 bits per heavy atom. The molecule has 160 valence electrons. The van der Waals surface area contributed by atoms with Gasteiger partial charge in [-0.2, -0.15) is 0 Å². The van der Waals surface area contributed by atoms with Crippen LogP contribution in [0.3, 0.4) is 0 Å². The number of nitrogens with zero attached hydrogens (tertiary/aromatic N) is 1. The van der Waals surface area contributed by atoms with Crippen molar-refractivity contribution < 1.29 is 9.59 Å². The van der Waals surface area contributed by atoms with Gasteiger partial charge in [0.1, 0.15) is 0 Å². The number of rotatable bonds is 3. The van der Waals surface area contributed by atoms with Crippen LogP contribution in [0.15, 0.2) is 24.3 Å². The molecule has 4 rings (SSSR count). The summed E-state index contributed by atoms with van der Waals surface area (Å²) < 4.78 is 0. The van der Waals surface area contributed by atoms with E-state index in [0.717, 1.165) is 43.7 Å². The van der Waals surface area contributed by atoms with Crippen molar-refractivity contribution in [1.82, 2.24) is 10.2 Å². The largest absolute Gasteiger partial charge is 0.325 e. The summed E-state index contributed by atoms with van der Waals surface area (Å²) in [6.45, 7) is 1.66. The van der Waals surface area contributed by atoms with Gasteiger partial charge in [-0.3, -0.25) is 4.79 Å². The smallest absolute Gasteiger partial charge is 0.321 e. The van der Waals surface area contributed by atoms with Gasteiger partial charge in [0.2, 0.25) is 5.91 Å². The maximum absolute atomic E-state index is 12.6. The summed E-state index contributed by atoms with van der Waals surface area (Å²) in [7, 11) is 0. The number of nitrogens with one attached hydrogen (secondary N) is 3. The fourth-order valence-corrected chi connectivity index (χ4v) is 4.86. The summed E-state index contributed by atoms with van der Waals surface area (Å²) in [5.41, 5.74) is 1.53. The Balaban J connectivity index is 0.00000240. The average molecular weight is 421 g/mol. The molecule has 1 aromatic carbocycles. The van der Waals surface area contributed by atoms with E-state index in [4.69, 9.17) is 0 Å². The first-order valence-electron chi connectivity index (χ1n) is 10.9. The first kappa shape index (κ1) is 21.9. The van der Waals surface area contributed by atoms with Crippen molar-refractivity contribution in [3.05, 3.63) is 24.3 Å². The number of carbonyl (C=O) groups excluding carboxylic acids is 2. The summed E-state index contributed by atoms with van der Waals surface area (Å²) in [6.07, 6.45) is 10.5. The summed E-state index contributed by atoms with van der Waals surface area (Å²) >= 11 is 0. The number of carbonyl (C=O) groups is 2. The van der Waals surface area contributed by atoms with Crippen molar-refractivity contribution in [2.45, 2.75) is 69.9 Å². The molecule has 0 radical (unpaired) electrons. The normalized spacial score (nSPS) is 26.6. The monoisotopic (exact) mass is 420 g/mol. The molecule has 7 heteroatoms. The second kappa shape index (κ2) is 10.3. The molecule has 1 aromatic rings. The molecule has 0 spiro atoms. The lowest BCUT2D eigenvalue weighted by Gasteiger charge is -2.24. The zero-order valence-corrected chi connectivity index (χ0v) is 17.8. The van der Waals surface area contributed by atoms with Crippen molar-refractivity contribution >= 4 is 35.7 Å². The highest BCUT2D eigenvalue weighted by molar-refractivity contribution is 5.95. The maximum Gasteiger partial charge on any atom is 0.321 e. The third-order valence-electron chi connectivity index (χ3n) is 6.48. The van der Waals surface area contributed by atoms with Crippen LogP contribution in [-0.2, 0) is 4.79 Å². The van der Waals surface area contributed by atoms with Gasteiger partial charge >= 0.3 is 6.03 Å². The molecule has 1 aliphatic carbocycles. The second-order valence-corrected chi connectivity index (χ2v) is 8.50. The highest BCUT2D eigenvalue weighted by Crippen LogP contribution is 2.33. The summed E-state index contributed by atoms with van der Waals surface area (Å²) in [6, 6.07) is 7.82. The van der Waals surface area contributed by atoms with E-state index < -0.39 is 0 Å². The molecule has 3 fully saturated rings. The van der Waals surface area contributed by atoms with Crippen LogP contribution in [0.1, 0.15) is 57.8 Å². The molecule has 2 aliphatic heterocycles. The third-order valence-corrected chi connectivity index (χ3v) is 6.48. The minimum Gasteiger partial charge on any atom is -0.325 e. The van der Waals surface area contributed by atoms with E-state index in [-0.39, 0.29) is 30.4 Å². The minimum atomic E-state index is -0.0875. The number of amides is 3. The Bertz CT molecular complexity index is 675. The van der Waals surface area contributed by atoms with E-state index in [1.165, 1.54) is 38.5 Å². The molecule has 3 atom stereocenters. The topological polar surface area (TPSA) is 73.5 Å². The van der Waals surface area contributed by atoms with Gasteiger partial charge in [-0.1, -0.05) is 25.7 Å². The molecule has 6 nitrogen and oxygen atoms in total. The highest BCUT2D eigenvalue weighted by Gasteiger charge is 2.38. The fourth-order valence-electron chi connectivity index (χ4n) is 4.86. The van der Waals surface area contributed by atoms with Gasteiger partial charge in [-0.25, -0.2) is 4.79 Å². The van der Waals surface area contributed by atoms with Gasteiger partial charge in [-0.15, -0.1) is 12.4 Å². The number of fused-ring (bicyclic) bond motifs is 1. The fraction of sp³-hybridized carbons (Fsp3) is 0.636. The zero-order valence-electron chi connectivity index (χ0n) is 17.0. The van der Waals surface area contributed by atoms with Gasteiger partial charge in [0.05, 0.1) is 6.04 Å². The van der Waals surface area contributed by atoms with Gasteiger partial charge < -0.3 is 20.9 Å². The Hall–Kier alpha value is -1.79. The van der Waals surface area contributed by atoms with Gasteiger partial charge in [0.15, 0.2) is 0 Å². The van der Waals surface area contributed by atoms with Crippen LogP contribution in [0, 0.1) is 5.92 Å². The van der Waals surface area contributed by atoms with E-state index in [1.807, 2.05) is 29.2 Å². The van der Waals surface area contributed by atoms with E-state index in [2.05, 4.69) is 16.0 Å². The molecule has 3 N–H and O–H groups in total. The molecular weight excluding hydrogens is 388 g/mol. The van der Waals surface area contributed by atoms with Crippen LogP contribution in [0.5, 0.6) is 0 Å². The number of benzene rings is 1. The Morgan fingerprint density at radius 1 is 0.862 bits per heavy atom. The summed E-state index contributed by atoms with van der Waals surface area (Å²) in [5.74, 6) is 0.705. The minimum absolute atomic E-state index is 0. The number of likely N-dealkylation sites (tertiary alicyclic amines) is 1. The van der Waals surface area contributed by atoms with Crippen LogP contribution >= 0.6 is 12.4 Å². The maximum atomic E-state index is 12.6. The van der Waals surface area contributed by atoms with Gasteiger partial charge in [0, 0.05) is 30.5 Å². The highest BCUT2D eigenvalue weighted by atomic mass is 35.5. The number of anilines is 2. The van der Waals surface area contributed by atoms with Gasteiger partial charge in [-0.05, 0) is 62.3 Å². The zero-order chi connectivity index (χ0) is 19.3. The molecule has 1 saturated carbocycles. The van der Waals surface area contributed by atoms with E-state index in [9.17, 15) is 9.59 Å². The molecule has 2 heterocycles. The lowest BCUT2D eigenvalue weighted by atomic mass is 9.85. The molecule has 3 aliphatic rings. The summed E-state index contributed by atoms with van der Waals surface area (Å²) in [4.78, 5) is 26.9. The van der Waals surface area contributed by atoms with E-state index in [1.54, 1.807) is 0 Å². The predicted molar refractivity (Wildman–Crippen MR) is 119 cm³/mol. The molecular formula is C22H33ClN4O2.